The van der Waals surface area contributed by atoms with Crippen LogP contribution in [0.2, 0.25) is 0 Å². The first-order chi connectivity index (χ1) is 14.4. The highest BCUT2D eigenvalue weighted by molar-refractivity contribution is 14.1. The number of H-pyrrole nitrogens is 1. The van der Waals surface area contributed by atoms with Crippen LogP contribution in [0.4, 0.5) is 27.7 Å². The highest BCUT2D eigenvalue weighted by atomic mass is 127. The lowest BCUT2D eigenvalue weighted by Gasteiger charge is -2.29. The molecule has 0 unspecified atom stereocenters. The van der Waals surface area contributed by atoms with Gasteiger partial charge in [-0.3, -0.25) is 5.10 Å². The van der Waals surface area contributed by atoms with Gasteiger partial charge in [0, 0.05) is 24.0 Å². The Morgan fingerprint density at radius 2 is 2.03 bits per heavy atom. The molecule has 1 saturated heterocycles. The van der Waals surface area contributed by atoms with E-state index in [1.807, 2.05) is 26.0 Å². The molecule has 30 heavy (non-hydrogen) atoms. The van der Waals surface area contributed by atoms with E-state index in [-0.39, 0.29) is 5.82 Å². The van der Waals surface area contributed by atoms with E-state index < -0.39 is 0 Å². The predicted molar refractivity (Wildman–Crippen MR) is 125 cm³/mol. The van der Waals surface area contributed by atoms with Crippen LogP contribution in [0, 0.1) is 23.2 Å². The summed E-state index contributed by atoms with van der Waals surface area (Å²) < 4.78 is 15.8. The monoisotopic (exact) mass is 521 g/mol. The number of aryl methyl sites for hydroxylation is 2. The van der Waals surface area contributed by atoms with Crippen molar-refractivity contribution >= 4 is 45.9 Å². The van der Waals surface area contributed by atoms with Crippen LogP contribution in [-0.4, -0.2) is 32.8 Å². The van der Waals surface area contributed by atoms with E-state index in [4.69, 9.17) is 0 Å². The van der Waals surface area contributed by atoms with Gasteiger partial charge in [0.15, 0.2) is 11.6 Å². The first kappa shape index (κ1) is 21.0. The van der Waals surface area contributed by atoms with E-state index in [0.717, 1.165) is 39.8 Å². The number of anilines is 4. The largest absolute Gasteiger partial charge is 0.322 e. The molecule has 1 aromatic carbocycles. The summed E-state index contributed by atoms with van der Waals surface area (Å²) in [6.45, 7) is 7.11. The number of piperidine rings is 1. The lowest BCUT2D eigenvalue weighted by Crippen LogP contribution is -2.35. The summed E-state index contributed by atoms with van der Waals surface area (Å²) in [6.07, 6.45) is 3.74. The quantitative estimate of drug-likeness (QED) is 0.357. The highest BCUT2D eigenvalue weighted by Crippen LogP contribution is 2.33. The number of nitrogens with one attached hydrogen (secondary N) is 4. The molecule has 2 atom stereocenters. The van der Waals surface area contributed by atoms with Gasteiger partial charge < -0.3 is 16.0 Å². The zero-order chi connectivity index (χ0) is 21.3. The van der Waals surface area contributed by atoms with Crippen LogP contribution in [0.1, 0.15) is 42.5 Å². The van der Waals surface area contributed by atoms with Crippen molar-refractivity contribution < 1.29 is 4.39 Å². The number of aromatic nitrogens is 4. The SMILES string of the molecule is Cc1cc(Nc2nc(Nc3cc(C)c([C@H]4CCN[C@@H](C)C4)cc3F)ncc2I)n[nH]1. The molecule has 1 aliphatic rings. The third kappa shape index (κ3) is 4.72. The molecular formula is C21H25FIN7. The Morgan fingerprint density at radius 1 is 1.20 bits per heavy atom. The molecule has 9 heteroatoms. The average molecular weight is 521 g/mol. The van der Waals surface area contributed by atoms with Crippen LogP contribution in [-0.2, 0) is 0 Å². The number of halogens is 2. The topological polar surface area (TPSA) is 90.6 Å². The van der Waals surface area contributed by atoms with E-state index in [1.165, 1.54) is 0 Å². The van der Waals surface area contributed by atoms with Gasteiger partial charge in [-0.1, -0.05) is 0 Å². The molecule has 1 aliphatic heterocycles. The second-order valence-corrected chi connectivity index (χ2v) is 9.00. The molecule has 0 amide bonds. The van der Waals surface area contributed by atoms with Crippen molar-refractivity contribution in [2.75, 3.05) is 17.2 Å². The minimum atomic E-state index is -0.290. The van der Waals surface area contributed by atoms with Gasteiger partial charge in [-0.05, 0) is 91.9 Å². The molecule has 0 spiro atoms. The van der Waals surface area contributed by atoms with Crippen molar-refractivity contribution in [1.82, 2.24) is 25.5 Å². The fourth-order valence-electron chi connectivity index (χ4n) is 3.89. The van der Waals surface area contributed by atoms with Crippen LogP contribution in [0.3, 0.4) is 0 Å². The van der Waals surface area contributed by atoms with E-state index in [9.17, 15) is 4.39 Å². The summed E-state index contributed by atoms with van der Waals surface area (Å²) in [5.74, 6) is 1.69. The van der Waals surface area contributed by atoms with Crippen LogP contribution in [0.25, 0.3) is 0 Å². The van der Waals surface area contributed by atoms with Gasteiger partial charge >= 0.3 is 0 Å². The van der Waals surface area contributed by atoms with Crippen LogP contribution in [0.5, 0.6) is 0 Å². The highest BCUT2D eigenvalue weighted by Gasteiger charge is 2.22. The average Bonchev–Trinajstić information content (AvgIpc) is 3.11. The standard InChI is InChI=1S/C21H25FIN7/c1-11-6-18(16(22)9-15(11)14-4-5-24-12(2)7-14)26-21-25-10-17(23)20(28-21)27-19-8-13(3)29-30-19/h6,8-10,12,14,24H,4-5,7H2,1-3H3,(H3,25,26,27,28,29,30)/t12-,14-/m0/s1. The number of benzene rings is 1. The molecule has 3 aromatic rings. The Bertz CT molecular complexity index is 1050. The zero-order valence-corrected chi connectivity index (χ0v) is 19.3. The third-order valence-electron chi connectivity index (χ3n) is 5.36. The van der Waals surface area contributed by atoms with Gasteiger partial charge in [-0.2, -0.15) is 10.1 Å². The maximum atomic E-state index is 14.9. The molecule has 3 heterocycles. The molecule has 0 bridgehead atoms. The summed E-state index contributed by atoms with van der Waals surface area (Å²) in [5, 5.41) is 16.7. The zero-order valence-electron chi connectivity index (χ0n) is 17.2. The number of hydrogen-bond donors (Lipinski definition) is 4. The number of hydrogen-bond acceptors (Lipinski definition) is 6. The number of rotatable bonds is 5. The van der Waals surface area contributed by atoms with Crippen LogP contribution < -0.4 is 16.0 Å². The Balaban J connectivity index is 1.55. The van der Waals surface area contributed by atoms with Crippen LogP contribution in [0.15, 0.2) is 24.4 Å². The molecule has 7 nitrogen and oxygen atoms in total. The normalized spacial score (nSPS) is 19.0. The molecule has 4 rings (SSSR count). The van der Waals surface area contributed by atoms with E-state index in [0.29, 0.717) is 35.2 Å². The second-order valence-electron chi connectivity index (χ2n) is 7.84. The lowest BCUT2D eigenvalue weighted by molar-refractivity contribution is 0.379. The molecule has 1 fully saturated rings. The Morgan fingerprint density at radius 3 is 2.77 bits per heavy atom. The van der Waals surface area contributed by atoms with Crippen molar-refractivity contribution in [2.45, 2.75) is 45.6 Å². The Labute approximate surface area is 188 Å². The summed E-state index contributed by atoms with van der Waals surface area (Å²) >= 11 is 2.15. The first-order valence-electron chi connectivity index (χ1n) is 10.0. The van der Waals surface area contributed by atoms with Crippen molar-refractivity contribution in [1.29, 1.82) is 0 Å². The second kappa shape index (κ2) is 8.84. The molecule has 0 radical (unpaired) electrons. The minimum absolute atomic E-state index is 0.290. The first-order valence-corrected chi connectivity index (χ1v) is 11.1. The fraction of sp³-hybridized carbons (Fsp3) is 0.381. The Hall–Kier alpha value is -2.27. The fourth-order valence-corrected chi connectivity index (χ4v) is 4.28. The minimum Gasteiger partial charge on any atom is -0.322 e. The molecule has 0 aliphatic carbocycles. The predicted octanol–water partition coefficient (Wildman–Crippen LogP) is 4.90. The van der Waals surface area contributed by atoms with Gasteiger partial charge in [-0.15, -0.1) is 0 Å². The summed E-state index contributed by atoms with van der Waals surface area (Å²) in [5.41, 5.74) is 3.49. The maximum absolute atomic E-state index is 14.9. The van der Waals surface area contributed by atoms with Crippen molar-refractivity contribution in [2.24, 2.45) is 0 Å². The molecule has 0 saturated carbocycles. The summed E-state index contributed by atoms with van der Waals surface area (Å²) in [4.78, 5) is 8.80. The summed E-state index contributed by atoms with van der Waals surface area (Å²) in [6, 6.07) is 5.85. The van der Waals surface area contributed by atoms with Gasteiger partial charge in [0.25, 0.3) is 0 Å². The maximum Gasteiger partial charge on any atom is 0.229 e. The lowest BCUT2D eigenvalue weighted by atomic mass is 9.84. The van der Waals surface area contributed by atoms with Crippen molar-refractivity contribution in [3.8, 4) is 0 Å². The molecular weight excluding hydrogens is 496 g/mol. The number of nitrogens with zero attached hydrogens (tertiary/aromatic N) is 3. The smallest absolute Gasteiger partial charge is 0.229 e. The Kier molecular flexibility index (Phi) is 6.19. The van der Waals surface area contributed by atoms with Crippen molar-refractivity contribution in [3.05, 3.63) is 50.6 Å². The van der Waals surface area contributed by atoms with E-state index in [1.54, 1.807) is 12.3 Å². The number of aromatic amines is 1. The van der Waals surface area contributed by atoms with Gasteiger partial charge in [0.1, 0.15) is 5.82 Å². The van der Waals surface area contributed by atoms with Crippen LogP contribution >= 0.6 is 22.6 Å². The molecule has 2 aromatic heterocycles. The third-order valence-corrected chi connectivity index (χ3v) is 6.15. The van der Waals surface area contributed by atoms with Gasteiger partial charge in [0.05, 0.1) is 9.26 Å². The van der Waals surface area contributed by atoms with Gasteiger partial charge in [0.2, 0.25) is 5.95 Å². The van der Waals surface area contributed by atoms with E-state index >= 15 is 0 Å². The molecule has 158 valence electrons. The van der Waals surface area contributed by atoms with Crippen molar-refractivity contribution in [3.63, 3.8) is 0 Å². The molecule has 4 N–H and O–H groups in total. The van der Waals surface area contributed by atoms with E-state index in [2.05, 4.69) is 65.6 Å². The van der Waals surface area contributed by atoms with Gasteiger partial charge in [-0.25, -0.2) is 9.37 Å². The summed E-state index contributed by atoms with van der Waals surface area (Å²) in [7, 11) is 0.